The summed E-state index contributed by atoms with van der Waals surface area (Å²) in [5, 5.41) is 1.25. The van der Waals surface area contributed by atoms with Crippen molar-refractivity contribution >= 4 is 9.84 Å². The normalized spacial score (nSPS) is 19.7. The van der Waals surface area contributed by atoms with Gasteiger partial charge in [-0.25, -0.2) is 8.42 Å². The van der Waals surface area contributed by atoms with Gasteiger partial charge in [0.1, 0.15) is 0 Å². The molecular formula is C16H14O2S. The summed E-state index contributed by atoms with van der Waals surface area (Å²) < 4.78 is 24.1. The molecule has 0 radical (unpaired) electrons. The smallest absolute Gasteiger partial charge is 0.199 e. The topological polar surface area (TPSA) is 34.1 Å². The molecule has 0 bridgehead atoms. The number of rotatable bonds is 3. The van der Waals surface area contributed by atoms with E-state index in [9.17, 15) is 8.42 Å². The van der Waals surface area contributed by atoms with Crippen molar-refractivity contribution in [3.05, 3.63) is 83.5 Å². The van der Waals surface area contributed by atoms with Crippen molar-refractivity contribution in [2.75, 3.05) is 0 Å². The summed E-state index contributed by atoms with van der Waals surface area (Å²) >= 11 is 0. The van der Waals surface area contributed by atoms with Crippen LogP contribution >= 0.6 is 0 Å². The zero-order chi connectivity index (χ0) is 13.6. The number of sulfone groups is 1. The Morgan fingerprint density at radius 1 is 1.11 bits per heavy atom. The van der Waals surface area contributed by atoms with Crippen LogP contribution < -0.4 is 0 Å². The first kappa shape index (κ1) is 13.3. The summed E-state index contributed by atoms with van der Waals surface area (Å²) in [7, 11) is -3.37. The fourth-order valence-corrected chi connectivity index (χ4v) is 2.64. The van der Waals surface area contributed by atoms with E-state index in [1.807, 2.05) is 24.3 Å². The first-order chi connectivity index (χ1) is 9.18. The van der Waals surface area contributed by atoms with Gasteiger partial charge in [0.25, 0.3) is 0 Å². The third-order valence-electron chi connectivity index (χ3n) is 2.61. The van der Waals surface area contributed by atoms with Crippen molar-refractivity contribution in [3.8, 4) is 0 Å². The molecule has 1 aromatic carbocycles. The van der Waals surface area contributed by atoms with Crippen LogP contribution in [0.25, 0.3) is 0 Å². The molecule has 2 nitrogen and oxygen atoms in total. The van der Waals surface area contributed by atoms with Crippen molar-refractivity contribution in [2.45, 2.75) is 11.3 Å². The summed E-state index contributed by atoms with van der Waals surface area (Å²) in [4.78, 5) is 0.309. The maximum absolute atomic E-state index is 12.1. The second-order valence-electron chi connectivity index (χ2n) is 4.03. The van der Waals surface area contributed by atoms with Crippen molar-refractivity contribution in [1.29, 1.82) is 0 Å². The molecule has 0 fully saturated rings. The Balaban J connectivity index is 2.23. The molecular weight excluding hydrogens is 256 g/mol. The Labute approximate surface area is 113 Å². The zero-order valence-corrected chi connectivity index (χ0v) is 11.2. The highest BCUT2D eigenvalue weighted by Gasteiger charge is 2.08. The molecule has 0 spiro atoms. The molecule has 0 atom stereocenters. The van der Waals surface area contributed by atoms with Gasteiger partial charge >= 0.3 is 0 Å². The molecule has 1 aromatic rings. The Morgan fingerprint density at radius 2 is 1.89 bits per heavy atom. The third kappa shape index (κ3) is 3.95. The van der Waals surface area contributed by atoms with E-state index in [0.29, 0.717) is 11.3 Å². The van der Waals surface area contributed by atoms with Crippen LogP contribution in [0.3, 0.4) is 0 Å². The highest BCUT2D eigenvalue weighted by molar-refractivity contribution is 7.94. The monoisotopic (exact) mass is 270 g/mol. The lowest BCUT2D eigenvalue weighted by atomic mass is 10.1. The van der Waals surface area contributed by atoms with Gasteiger partial charge in [-0.2, -0.15) is 0 Å². The van der Waals surface area contributed by atoms with E-state index in [-0.39, 0.29) is 0 Å². The maximum atomic E-state index is 12.1. The average molecular weight is 270 g/mol. The molecule has 0 unspecified atom stereocenters. The van der Waals surface area contributed by atoms with E-state index in [0.717, 1.165) is 5.57 Å². The van der Waals surface area contributed by atoms with Gasteiger partial charge in [-0.3, -0.25) is 0 Å². The first-order valence-electron chi connectivity index (χ1n) is 5.93. The van der Waals surface area contributed by atoms with Gasteiger partial charge < -0.3 is 0 Å². The molecule has 1 aliphatic rings. The van der Waals surface area contributed by atoms with Gasteiger partial charge in [0.15, 0.2) is 9.84 Å². The molecule has 96 valence electrons. The van der Waals surface area contributed by atoms with Crippen LogP contribution in [-0.2, 0) is 9.84 Å². The van der Waals surface area contributed by atoms with E-state index in [2.05, 4.69) is 5.73 Å². The molecule has 0 N–H and O–H groups in total. The standard InChI is InChI=1S/C16H14O2S/c17-19(18,16-11-7-4-8-12-16)14-13-15-9-5-2-1-3-6-10-15/h1-2,4-8,10-14H,9H2/b5-2-,14-13+,15-10+. The van der Waals surface area contributed by atoms with Gasteiger partial charge in [-0.05, 0) is 42.4 Å². The average Bonchev–Trinajstić information content (AvgIpc) is 2.38. The van der Waals surface area contributed by atoms with E-state index in [1.54, 1.807) is 42.5 Å². The fourth-order valence-electron chi connectivity index (χ4n) is 1.60. The van der Waals surface area contributed by atoms with E-state index in [4.69, 9.17) is 0 Å². The maximum Gasteiger partial charge on any atom is 0.199 e. The fraction of sp³-hybridized carbons (Fsp3) is 0.0625. The molecule has 0 saturated carbocycles. The highest BCUT2D eigenvalue weighted by Crippen LogP contribution is 2.14. The van der Waals surface area contributed by atoms with Crippen molar-refractivity contribution in [3.63, 3.8) is 0 Å². The Hall–Kier alpha value is -2.09. The number of hydrogen-bond acceptors (Lipinski definition) is 2. The van der Waals surface area contributed by atoms with Crippen LogP contribution in [0.4, 0.5) is 0 Å². The molecule has 3 heteroatoms. The highest BCUT2D eigenvalue weighted by atomic mass is 32.2. The van der Waals surface area contributed by atoms with Crippen LogP contribution in [0.5, 0.6) is 0 Å². The molecule has 19 heavy (non-hydrogen) atoms. The summed E-state index contributed by atoms with van der Waals surface area (Å²) in [6.07, 6.45) is 11.6. The summed E-state index contributed by atoms with van der Waals surface area (Å²) in [5.74, 6) is 0. The van der Waals surface area contributed by atoms with Crippen LogP contribution in [0, 0.1) is 0 Å². The Kier molecular flexibility index (Phi) is 4.35. The van der Waals surface area contributed by atoms with Crippen molar-refractivity contribution < 1.29 is 8.42 Å². The van der Waals surface area contributed by atoms with E-state index >= 15 is 0 Å². The lowest BCUT2D eigenvalue weighted by molar-refractivity contribution is 0.604. The summed E-state index contributed by atoms with van der Waals surface area (Å²) in [5.41, 5.74) is 3.88. The minimum absolute atomic E-state index is 0.309. The zero-order valence-electron chi connectivity index (χ0n) is 10.4. The van der Waals surface area contributed by atoms with Gasteiger partial charge in [0, 0.05) is 5.41 Å². The summed E-state index contributed by atoms with van der Waals surface area (Å²) in [6, 6.07) is 8.41. The molecule has 0 aliphatic heterocycles. The lowest BCUT2D eigenvalue weighted by Gasteiger charge is -2.00. The lowest BCUT2D eigenvalue weighted by Crippen LogP contribution is -1.95. The van der Waals surface area contributed by atoms with Crippen LogP contribution in [0.1, 0.15) is 6.42 Å². The number of hydrogen-bond donors (Lipinski definition) is 0. The molecule has 0 amide bonds. The first-order valence-corrected chi connectivity index (χ1v) is 7.48. The Bertz CT molecular complexity index is 684. The number of benzene rings is 1. The van der Waals surface area contributed by atoms with Crippen LogP contribution in [0.15, 0.2) is 88.4 Å². The largest absolute Gasteiger partial charge is 0.219 e. The second-order valence-corrected chi connectivity index (χ2v) is 5.87. The van der Waals surface area contributed by atoms with Gasteiger partial charge in [-0.1, -0.05) is 36.4 Å². The predicted octanol–water partition coefficient (Wildman–Crippen LogP) is 3.57. The molecule has 2 rings (SSSR count). The van der Waals surface area contributed by atoms with Gasteiger partial charge in [-0.15, -0.1) is 5.73 Å². The van der Waals surface area contributed by atoms with E-state index < -0.39 is 9.84 Å². The Morgan fingerprint density at radius 3 is 2.68 bits per heavy atom. The number of allylic oxidation sites excluding steroid dienone is 6. The molecule has 0 heterocycles. The van der Waals surface area contributed by atoms with Crippen molar-refractivity contribution in [1.82, 2.24) is 0 Å². The molecule has 1 aliphatic carbocycles. The minimum atomic E-state index is -3.37. The van der Waals surface area contributed by atoms with E-state index in [1.165, 1.54) is 5.41 Å². The third-order valence-corrected chi connectivity index (χ3v) is 4.03. The van der Waals surface area contributed by atoms with Gasteiger partial charge in [0.2, 0.25) is 0 Å². The quantitative estimate of drug-likeness (QED) is 0.787. The summed E-state index contributed by atoms with van der Waals surface area (Å²) in [6.45, 7) is 0. The molecule has 0 saturated heterocycles. The van der Waals surface area contributed by atoms with Crippen LogP contribution in [0.2, 0.25) is 0 Å². The molecule has 0 aromatic heterocycles. The van der Waals surface area contributed by atoms with Crippen LogP contribution in [-0.4, -0.2) is 8.42 Å². The predicted molar refractivity (Wildman–Crippen MR) is 77.3 cm³/mol. The SMILES string of the molecule is O=S(=O)(/C=C/C1=C/C=C=C/C=C\C1)c1ccccc1. The van der Waals surface area contributed by atoms with Crippen molar-refractivity contribution in [2.24, 2.45) is 0 Å². The second kappa shape index (κ2) is 6.19. The minimum Gasteiger partial charge on any atom is -0.219 e. The van der Waals surface area contributed by atoms with Gasteiger partial charge in [0.05, 0.1) is 4.90 Å².